The highest BCUT2D eigenvalue weighted by molar-refractivity contribution is 7.18. The Morgan fingerprint density at radius 2 is 2.08 bits per heavy atom. The van der Waals surface area contributed by atoms with Gasteiger partial charge in [-0.15, -0.1) is 11.3 Å². The minimum absolute atomic E-state index is 0.103. The molecule has 0 fully saturated rings. The van der Waals surface area contributed by atoms with Crippen molar-refractivity contribution in [2.75, 3.05) is 26.0 Å². The normalized spacial score (nSPS) is 10.7. The standard InChI is InChI=1S/C19H20N2O4S/c1-24-13-3-2-4-14(9-13)25-10-12-11-26-18-15(19(23)21-7-8-22)5-6-16(20)17(12)18/h2-6,9,11,22H,7-8,10,20H2,1H3,(H,21,23). The van der Waals surface area contributed by atoms with Gasteiger partial charge in [-0.2, -0.15) is 0 Å². The van der Waals surface area contributed by atoms with Crippen LogP contribution in [0.1, 0.15) is 15.9 Å². The van der Waals surface area contributed by atoms with Gasteiger partial charge < -0.3 is 25.6 Å². The monoisotopic (exact) mass is 372 g/mol. The first-order valence-corrected chi connectivity index (χ1v) is 8.96. The number of benzene rings is 2. The second-order valence-corrected chi connectivity index (χ2v) is 6.49. The summed E-state index contributed by atoms with van der Waals surface area (Å²) in [4.78, 5) is 12.3. The highest BCUT2D eigenvalue weighted by atomic mass is 32.1. The zero-order chi connectivity index (χ0) is 18.5. The third-order valence-corrected chi connectivity index (χ3v) is 4.97. The van der Waals surface area contributed by atoms with Crippen LogP contribution >= 0.6 is 11.3 Å². The summed E-state index contributed by atoms with van der Waals surface area (Å²) in [5.74, 6) is 1.19. The maximum Gasteiger partial charge on any atom is 0.252 e. The van der Waals surface area contributed by atoms with E-state index in [-0.39, 0.29) is 19.1 Å². The number of nitrogens with two attached hydrogens (primary N) is 1. The van der Waals surface area contributed by atoms with E-state index in [1.54, 1.807) is 19.2 Å². The fourth-order valence-electron chi connectivity index (χ4n) is 2.64. The van der Waals surface area contributed by atoms with Crippen LogP contribution in [0.3, 0.4) is 0 Å². The molecule has 0 aliphatic rings. The van der Waals surface area contributed by atoms with E-state index in [0.29, 0.717) is 23.6 Å². The van der Waals surface area contributed by atoms with E-state index in [2.05, 4.69) is 5.32 Å². The van der Waals surface area contributed by atoms with Crippen molar-refractivity contribution >= 4 is 33.0 Å². The zero-order valence-electron chi connectivity index (χ0n) is 14.3. The summed E-state index contributed by atoms with van der Waals surface area (Å²) in [6.45, 7) is 0.439. The topological polar surface area (TPSA) is 93.8 Å². The Morgan fingerprint density at radius 1 is 1.27 bits per heavy atom. The third-order valence-electron chi connectivity index (χ3n) is 3.91. The molecule has 0 unspecified atom stereocenters. The Morgan fingerprint density at radius 3 is 2.85 bits per heavy atom. The molecule has 0 saturated heterocycles. The minimum Gasteiger partial charge on any atom is -0.497 e. The Balaban J connectivity index is 1.86. The van der Waals surface area contributed by atoms with Gasteiger partial charge >= 0.3 is 0 Å². The largest absolute Gasteiger partial charge is 0.497 e. The number of amides is 1. The molecule has 0 spiro atoms. The molecule has 0 aliphatic heterocycles. The van der Waals surface area contributed by atoms with E-state index >= 15 is 0 Å². The lowest BCUT2D eigenvalue weighted by Crippen LogP contribution is -2.26. The van der Waals surface area contributed by atoms with Crippen molar-refractivity contribution in [2.45, 2.75) is 6.61 Å². The molecule has 1 aromatic heterocycles. The number of thiophene rings is 1. The van der Waals surface area contributed by atoms with Crippen molar-refractivity contribution < 1.29 is 19.4 Å². The molecule has 7 heteroatoms. The first-order chi connectivity index (χ1) is 12.6. The van der Waals surface area contributed by atoms with Crippen LogP contribution in [0.15, 0.2) is 41.8 Å². The second kappa shape index (κ2) is 8.07. The molecule has 136 valence electrons. The molecular formula is C19H20N2O4S. The zero-order valence-corrected chi connectivity index (χ0v) is 15.1. The number of ether oxygens (including phenoxy) is 2. The molecule has 0 saturated carbocycles. The number of nitrogens with one attached hydrogen (secondary N) is 1. The molecule has 26 heavy (non-hydrogen) atoms. The van der Waals surface area contributed by atoms with Crippen LogP contribution in [0.2, 0.25) is 0 Å². The highest BCUT2D eigenvalue weighted by Crippen LogP contribution is 2.34. The van der Waals surface area contributed by atoms with Gasteiger partial charge in [-0.05, 0) is 29.6 Å². The van der Waals surface area contributed by atoms with E-state index in [9.17, 15) is 4.79 Å². The number of rotatable bonds is 7. The number of carbonyl (C=O) groups is 1. The van der Waals surface area contributed by atoms with Gasteiger partial charge in [-0.25, -0.2) is 0 Å². The van der Waals surface area contributed by atoms with E-state index < -0.39 is 0 Å². The SMILES string of the molecule is COc1cccc(OCc2csc3c(C(=O)NCCO)ccc(N)c23)c1. The van der Waals surface area contributed by atoms with E-state index in [1.165, 1.54) is 11.3 Å². The Kier molecular flexibility index (Phi) is 5.60. The molecule has 4 N–H and O–H groups in total. The lowest BCUT2D eigenvalue weighted by Gasteiger charge is -2.09. The first-order valence-electron chi connectivity index (χ1n) is 8.08. The van der Waals surface area contributed by atoms with Crippen molar-refractivity contribution in [2.24, 2.45) is 0 Å². The van der Waals surface area contributed by atoms with Gasteiger partial charge in [0.2, 0.25) is 0 Å². The number of hydrogen-bond donors (Lipinski definition) is 3. The van der Waals surface area contributed by atoms with Gasteiger partial charge in [-0.3, -0.25) is 4.79 Å². The van der Waals surface area contributed by atoms with Crippen LogP contribution < -0.4 is 20.5 Å². The number of aliphatic hydroxyl groups is 1. The molecule has 0 aliphatic carbocycles. The lowest BCUT2D eigenvalue weighted by molar-refractivity contribution is 0.0946. The summed E-state index contributed by atoms with van der Waals surface area (Å²) in [5, 5.41) is 14.3. The predicted octanol–water partition coefficient (Wildman–Crippen LogP) is 2.79. The third kappa shape index (κ3) is 3.74. The fraction of sp³-hybridized carbons (Fsp3) is 0.211. The summed E-state index contributed by atoms with van der Waals surface area (Å²) >= 11 is 1.45. The smallest absolute Gasteiger partial charge is 0.252 e. The molecule has 6 nitrogen and oxygen atoms in total. The van der Waals surface area contributed by atoms with Crippen molar-refractivity contribution in [3.05, 3.63) is 52.9 Å². The Bertz CT molecular complexity index is 923. The van der Waals surface area contributed by atoms with Crippen LogP contribution in [-0.2, 0) is 6.61 Å². The summed E-state index contributed by atoms with van der Waals surface area (Å²) in [5.41, 5.74) is 8.21. The fourth-order valence-corrected chi connectivity index (χ4v) is 3.74. The maximum absolute atomic E-state index is 12.3. The molecule has 2 aromatic carbocycles. The summed E-state index contributed by atoms with van der Waals surface area (Å²) in [6.07, 6.45) is 0. The van der Waals surface area contributed by atoms with Crippen LogP contribution in [-0.4, -0.2) is 31.3 Å². The molecule has 0 atom stereocenters. The first kappa shape index (κ1) is 18.0. The minimum atomic E-state index is -0.230. The summed E-state index contributed by atoms with van der Waals surface area (Å²) in [7, 11) is 1.61. The van der Waals surface area contributed by atoms with Gasteiger partial charge in [0.05, 0.1) is 19.3 Å². The highest BCUT2D eigenvalue weighted by Gasteiger charge is 2.16. The molecular weight excluding hydrogens is 352 g/mol. The molecule has 1 amide bonds. The van der Waals surface area contributed by atoms with E-state index in [4.69, 9.17) is 20.3 Å². The quantitative estimate of drug-likeness (QED) is 0.555. The van der Waals surface area contributed by atoms with Crippen LogP contribution in [0.5, 0.6) is 11.5 Å². The average molecular weight is 372 g/mol. The number of aliphatic hydroxyl groups excluding tert-OH is 1. The lowest BCUT2D eigenvalue weighted by atomic mass is 10.1. The number of nitrogen functional groups attached to an aromatic ring is 1. The number of carbonyl (C=O) groups excluding carboxylic acids is 1. The molecule has 1 heterocycles. The molecule has 0 radical (unpaired) electrons. The van der Waals surface area contributed by atoms with Gasteiger partial charge in [-0.1, -0.05) is 6.07 Å². The van der Waals surface area contributed by atoms with Gasteiger partial charge in [0.15, 0.2) is 0 Å². The summed E-state index contributed by atoms with van der Waals surface area (Å²) in [6, 6.07) is 10.8. The van der Waals surface area contributed by atoms with E-state index in [0.717, 1.165) is 21.4 Å². The van der Waals surface area contributed by atoms with Crippen molar-refractivity contribution in [1.82, 2.24) is 5.32 Å². The van der Waals surface area contributed by atoms with Gasteiger partial charge in [0.25, 0.3) is 5.91 Å². The van der Waals surface area contributed by atoms with Crippen molar-refractivity contribution in [1.29, 1.82) is 0 Å². The number of methoxy groups -OCH3 is 1. The summed E-state index contributed by atoms with van der Waals surface area (Å²) < 4.78 is 11.9. The second-order valence-electron chi connectivity index (χ2n) is 5.61. The molecule has 3 rings (SSSR count). The van der Waals surface area contributed by atoms with Crippen molar-refractivity contribution in [3.8, 4) is 11.5 Å². The molecule has 0 bridgehead atoms. The molecule has 3 aromatic rings. The van der Waals surface area contributed by atoms with Crippen LogP contribution in [0, 0.1) is 0 Å². The van der Waals surface area contributed by atoms with Gasteiger partial charge in [0.1, 0.15) is 18.1 Å². The Hall–Kier alpha value is -2.77. The van der Waals surface area contributed by atoms with Gasteiger partial charge in [0, 0.05) is 33.9 Å². The average Bonchev–Trinajstić information content (AvgIpc) is 3.10. The van der Waals surface area contributed by atoms with Crippen LogP contribution in [0.25, 0.3) is 10.1 Å². The Labute approximate surface area is 155 Å². The number of hydrogen-bond acceptors (Lipinski definition) is 6. The number of anilines is 1. The van der Waals surface area contributed by atoms with Crippen molar-refractivity contribution in [3.63, 3.8) is 0 Å². The van der Waals surface area contributed by atoms with Crippen LogP contribution in [0.4, 0.5) is 5.69 Å². The number of fused-ring (bicyclic) bond motifs is 1. The van der Waals surface area contributed by atoms with E-state index in [1.807, 2.05) is 29.6 Å². The predicted molar refractivity (Wildman–Crippen MR) is 103 cm³/mol. The maximum atomic E-state index is 12.3.